The van der Waals surface area contributed by atoms with Crippen LogP contribution in [-0.2, 0) is 17.5 Å². The summed E-state index contributed by atoms with van der Waals surface area (Å²) in [5.74, 6) is -0.884. The van der Waals surface area contributed by atoms with Gasteiger partial charge in [-0.15, -0.1) is 0 Å². The van der Waals surface area contributed by atoms with Crippen LogP contribution in [0.1, 0.15) is 62.4 Å². The quantitative estimate of drug-likeness (QED) is 0.569. The summed E-state index contributed by atoms with van der Waals surface area (Å²) in [6.45, 7) is 6.70. The minimum Gasteiger partial charge on any atom is -0.342 e. The van der Waals surface area contributed by atoms with Crippen LogP contribution in [0.15, 0.2) is 29.0 Å². The lowest BCUT2D eigenvalue weighted by molar-refractivity contribution is -0.137. The molecule has 0 spiro atoms. The molecule has 0 saturated carbocycles. The standard InChI is InChI=1S/C22H26F3N5O2/c1-13(2)17-10-16(22(23,24)25)18-19(28-32-20(18)27-17)15-6-4-8-29(12-15)21(31)14(3)11-30-9-5-7-26-30/h5,7,9-10,13-15H,4,6,8,11-12H2,1-3H3. The van der Waals surface area contributed by atoms with Gasteiger partial charge < -0.3 is 9.42 Å². The number of hydrogen-bond donors (Lipinski definition) is 0. The summed E-state index contributed by atoms with van der Waals surface area (Å²) < 4.78 is 48.7. The van der Waals surface area contributed by atoms with Crippen molar-refractivity contribution in [3.05, 3.63) is 41.5 Å². The van der Waals surface area contributed by atoms with E-state index in [1.165, 1.54) is 0 Å². The molecule has 1 amide bonds. The topological polar surface area (TPSA) is 77.0 Å². The Labute approximate surface area is 183 Å². The molecule has 0 radical (unpaired) electrons. The highest BCUT2D eigenvalue weighted by molar-refractivity contribution is 5.82. The summed E-state index contributed by atoms with van der Waals surface area (Å²) in [7, 11) is 0. The fourth-order valence-corrected chi connectivity index (χ4v) is 4.27. The number of pyridine rings is 1. The highest BCUT2D eigenvalue weighted by atomic mass is 19.4. The summed E-state index contributed by atoms with van der Waals surface area (Å²) in [5, 5.41) is 8.05. The molecule has 0 aromatic carbocycles. The molecule has 3 aromatic heterocycles. The minimum atomic E-state index is -4.56. The number of rotatable bonds is 5. The van der Waals surface area contributed by atoms with Gasteiger partial charge in [0.1, 0.15) is 0 Å². The van der Waals surface area contributed by atoms with E-state index >= 15 is 0 Å². The molecule has 1 aliphatic heterocycles. The van der Waals surface area contributed by atoms with Crippen LogP contribution in [0.25, 0.3) is 11.1 Å². The number of piperidine rings is 1. The van der Waals surface area contributed by atoms with Crippen LogP contribution in [0, 0.1) is 5.92 Å². The molecule has 32 heavy (non-hydrogen) atoms. The van der Waals surface area contributed by atoms with Gasteiger partial charge in [0.05, 0.1) is 29.1 Å². The molecule has 172 valence electrons. The number of alkyl halides is 3. The summed E-state index contributed by atoms with van der Waals surface area (Å²) >= 11 is 0. The first-order valence-corrected chi connectivity index (χ1v) is 10.8. The van der Waals surface area contributed by atoms with Gasteiger partial charge in [0, 0.05) is 37.1 Å². The number of likely N-dealkylation sites (tertiary alicyclic amines) is 1. The van der Waals surface area contributed by atoms with Crippen LogP contribution in [0.2, 0.25) is 0 Å². The highest BCUT2D eigenvalue weighted by Gasteiger charge is 2.38. The van der Waals surface area contributed by atoms with Gasteiger partial charge in [-0.1, -0.05) is 25.9 Å². The number of carbonyl (C=O) groups is 1. The molecule has 1 aliphatic rings. The van der Waals surface area contributed by atoms with Gasteiger partial charge in [0.2, 0.25) is 5.91 Å². The number of nitrogens with zero attached hydrogens (tertiary/aromatic N) is 5. The molecule has 7 nitrogen and oxygen atoms in total. The summed E-state index contributed by atoms with van der Waals surface area (Å²) in [5.41, 5.74) is -0.347. The zero-order valence-electron chi connectivity index (χ0n) is 18.3. The van der Waals surface area contributed by atoms with Gasteiger partial charge in [-0.25, -0.2) is 4.98 Å². The van der Waals surface area contributed by atoms with Crippen molar-refractivity contribution in [2.24, 2.45) is 5.92 Å². The van der Waals surface area contributed by atoms with E-state index in [2.05, 4.69) is 15.2 Å². The van der Waals surface area contributed by atoms with Crippen molar-refractivity contribution in [3.8, 4) is 0 Å². The maximum atomic E-state index is 13.9. The van der Waals surface area contributed by atoms with Crippen molar-refractivity contribution in [2.45, 2.75) is 58.2 Å². The number of halogens is 3. The van der Waals surface area contributed by atoms with Gasteiger partial charge in [-0.05, 0) is 30.9 Å². The molecule has 4 rings (SSSR count). The minimum absolute atomic E-state index is 0.0470. The third kappa shape index (κ3) is 4.35. The predicted molar refractivity (Wildman–Crippen MR) is 111 cm³/mol. The van der Waals surface area contributed by atoms with Crippen molar-refractivity contribution in [1.82, 2.24) is 24.8 Å². The molecular formula is C22H26F3N5O2. The average Bonchev–Trinajstić information content (AvgIpc) is 3.41. The number of fused-ring (bicyclic) bond motifs is 1. The Hall–Kier alpha value is -2.91. The fourth-order valence-electron chi connectivity index (χ4n) is 4.27. The Morgan fingerprint density at radius 2 is 2.09 bits per heavy atom. The highest BCUT2D eigenvalue weighted by Crippen LogP contribution is 2.40. The zero-order chi connectivity index (χ0) is 23.0. The molecule has 10 heteroatoms. The molecule has 3 aromatic rings. The SMILES string of the molecule is CC(Cn1cccn1)C(=O)N1CCCC(c2noc3nc(C(C)C)cc(C(F)(F)F)c23)C1. The molecule has 1 fully saturated rings. The van der Waals surface area contributed by atoms with Gasteiger partial charge in [-0.2, -0.15) is 18.3 Å². The molecule has 2 unspecified atom stereocenters. The normalized spacial score (nSPS) is 18.5. The van der Waals surface area contributed by atoms with Crippen molar-refractivity contribution in [2.75, 3.05) is 13.1 Å². The third-order valence-electron chi connectivity index (χ3n) is 5.95. The van der Waals surface area contributed by atoms with E-state index in [-0.39, 0.29) is 40.5 Å². The van der Waals surface area contributed by atoms with Crippen molar-refractivity contribution in [1.29, 1.82) is 0 Å². The second kappa shape index (κ2) is 8.55. The van der Waals surface area contributed by atoms with E-state index in [1.807, 2.05) is 6.92 Å². The van der Waals surface area contributed by atoms with Crippen LogP contribution in [-0.4, -0.2) is 43.8 Å². The first-order valence-electron chi connectivity index (χ1n) is 10.8. The maximum absolute atomic E-state index is 13.9. The van der Waals surface area contributed by atoms with E-state index in [1.54, 1.807) is 41.9 Å². The smallest absolute Gasteiger partial charge is 0.342 e. The van der Waals surface area contributed by atoms with Crippen molar-refractivity contribution in [3.63, 3.8) is 0 Å². The molecule has 0 bridgehead atoms. The lowest BCUT2D eigenvalue weighted by atomic mass is 9.90. The Morgan fingerprint density at radius 1 is 1.31 bits per heavy atom. The largest absolute Gasteiger partial charge is 0.417 e. The third-order valence-corrected chi connectivity index (χ3v) is 5.95. The van der Waals surface area contributed by atoms with Gasteiger partial charge in [0.25, 0.3) is 5.71 Å². The van der Waals surface area contributed by atoms with E-state index in [0.29, 0.717) is 38.2 Å². The van der Waals surface area contributed by atoms with Crippen molar-refractivity contribution >= 4 is 17.0 Å². The Kier molecular flexibility index (Phi) is 5.96. The Bertz CT molecular complexity index is 1090. The number of carbonyl (C=O) groups excluding carboxylic acids is 1. The van der Waals surface area contributed by atoms with Crippen LogP contribution in [0.4, 0.5) is 13.2 Å². The lowest BCUT2D eigenvalue weighted by Gasteiger charge is -2.33. The summed E-state index contributed by atoms with van der Waals surface area (Å²) in [4.78, 5) is 19.0. The fraction of sp³-hybridized carbons (Fsp3) is 0.545. The second-order valence-corrected chi connectivity index (χ2v) is 8.75. The average molecular weight is 449 g/mol. The number of hydrogen-bond acceptors (Lipinski definition) is 5. The van der Waals surface area contributed by atoms with E-state index < -0.39 is 11.7 Å². The van der Waals surface area contributed by atoms with Crippen LogP contribution in [0.3, 0.4) is 0 Å². The van der Waals surface area contributed by atoms with Gasteiger partial charge >= 0.3 is 6.18 Å². The molecule has 2 atom stereocenters. The summed E-state index contributed by atoms with van der Waals surface area (Å²) in [6, 6.07) is 2.88. The Balaban J connectivity index is 1.62. The van der Waals surface area contributed by atoms with Crippen molar-refractivity contribution < 1.29 is 22.5 Å². The lowest BCUT2D eigenvalue weighted by Crippen LogP contribution is -2.42. The number of amides is 1. The molecular weight excluding hydrogens is 423 g/mol. The van der Waals surface area contributed by atoms with Gasteiger partial charge in [-0.3, -0.25) is 9.48 Å². The maximum Gasteiger partial charge on any atom is 0.417 e. The van der Waals surface area contributed by atoms with Gasteiger partial charge in [0.15, 0.2) is 0 Å². The first kappa shape index (κ1) is 22.3. The predicted octanol–water partition coefficient (Wildman–Crippen LogP) is 4.60. The van der Waals surface area contributed by atoms with E-state index in [0.717, 1.165) is 6.07 Å². The van der Waals surface area contributed by atoms with Crippen LogP contribution < -0.4 is 0 Å². The first-order chi connectivity index (χ1) is 15.1. The van der Waals surface area contributed by atoms with Crippen LogP contribution in [0.5, 0.6) is 0 Å². The van der Waals surface area contributed by atoms with E-state index in [9.17, 15) is 18.0 Å². The molecule has 4 heterocycles. The molecule has 0 aliphatic carbocycles. The molecule has 1 saturated heterocycles. The van der Waals surface area contributed by atoms with Crippen LogP contribution >= 0.6 is 0 Å². The Morgan fingerprint density at radius 3 is 2.75 bits per heavy atom. The second-order valence-electron chi connectivity index (χ2n) is 8.75. The molecule has 0 N–H and O–H groups in total. The van der Waals surface area contributed by atoms with E-state index in [4.69, 9.17) is 4.52 Å². The number of aromatic nitrogens is 4. The zero-order valence-corrected chi connectivity index (χ0v) is 18.3. The monoisotopic (exact) mass is 449 g/mol. The summed E-state index contributed by atoms with van der Waals surface area (Å²) in [6.07, 6.45) is 0.191.